The molecule has 0 bridgehead atoms. The maximum Gasteiger partial charge on any atom is 0.211 e. The standard InChI is InChI=1S/C12H12ClN5O/c1-19-9-2-3-10-7(5-9)4-8(11(13)17-10)6-16-18-12(14)15/h2-6H,1H3,(H4,14,15,18)/b16-6+. The number of hydrogen-bond donors (Lipinski definition) is 2. The summed E-state index contributed by atoms with van der Waals surface area (Å²) in [5.74, 6) is 0.617. The minimum Gasteiger partial charge on any atom is -0.497 e. The molecule has 0 fully saturated rings. The molecule has 0 spiro atoms. The molecule has 0 saturated heterocycles. The van der Waals surface area contributed by atoms with Crippen LogP contribution in [0.1, 0.15) is 5.56 Å². The Labute approximate surface area is 114 Å². The van der Waals surface area contributed by atoms with E-state index in [2.05, 4.69) is 15.2 Å². The van der Waals surface area contributed by atoms with Crippen LogP contribution < -0.4 is 16.2 Å². The SMILES string of the molecule is COc1ccc2nc(Cl)c(/C=N/N=C(N)N)cc2c1. The zero-order valence-electron chi connectivity index (χ0n) is 10.2. The van der Waals surface area contributed by atoms with Gasteiger partial charge < -0.3 is 16.2 Å². The lowest BCUT2D eigenvalue weighted by atomic mass is 10.1. The second-order valence-electron chi connectivity index (χ2n) is 3.70. The molecule has 4 N–H and O–H groups in total. The summed E-state index contributed by atoms with van der Waals surface area (Å²) in [6, 6.07) is 7.34. The van der Waals surface area contributed by atoms with E-state index < -0.39 is 0 Å². The van der Waals surface area contributed by atoms with Crippen LogP contribution in [-0.4, -0.2) is 24.3 Å². The van der Waals surface area contributed by atoms with E-state index in [-0.39, 0.29) is 5.96 Å². The molecule has 0 radical (unpaired) electrons. The number of hydrogen-bond acceptors (Lipinski definition) is 4. The summed E-state index contributed by atoms with van der Waals surface area (Å²) < 4.78 is 5.16. The molecule has 19 heavy (non-hydrogen) atoms. The van der Waals surface area contributed by atoms with Crippen molar-refractivity contribution in [3.63, 3.8) is 0 Å². The van der Waals surface area contributed by atoms with E-state index in [1.165, 1.54) is 6.21 Å². The van der Waals surface area contributed by atoms with Gasteiger partial charge in [0.05, 0.1) is 18.8 Å². The van der Waals surface area contributed by atoms with Crippen LogP contribution in [0.2, 0.25) is 5.15 Å². The molecular weight excluding hydrogens is 266 g/mol. The summed E-state index contributed by atoms with van der Waals surface area (Å²) in [6.07, 6.45) is 1.44. The van der Waals surface area contributed by atoms with Gasteiger partial charge in [-0.1, -0.05) is 11.6 Å². The van der Waals surface area contributed by atoms with Crippen molar-refractivity contribution in [1.82, 2.24) is 4.98 Å². The number of pyridine rings is 1. The van der Waals surface area contributed by atoms with Crippen molar-refractivity contribution in [3.8, 4) is 5.75 Å². The topological polar surface area (TPSA) is 98.9 Å². The number of aromatic nitrogens is 1. The van der Waals surface area contributed by atoms with Crippen LogP contribution in [0.4, 0.5) is 0 Å². The first kappa shape index (κ1) is 13.1. The van der Waals surface area contributed by atoms with Crippen molar-refractivity contribution in [2.75, 3.05) is 7.11 Å². The van der Waals surface area contributed by atoms with Crippen LogP contribution in [0.3, 0.4) is 0 Å². The van der Waals surface area contributed by atoms with E-state index in [0.717, 1.165) is 16.7 Å². The summed E-state index contributed by atoms with van der Waals surface area (Å²) >= 11 is 6.05. The summed E-state index contributed by atoms with van der Waals surface area (Å²) in [6.45, 7) is 0. The highest BCUT2D eigenvalue weighted by Crippen LogP contribution is 2.23. The molecule has 0 amide bonds. The summed E-state index contributed by atoms with van der Waals surface area (Å²) in [5.41, 5.74) is 11.7. The summed E-state index contributed by atoms with van der Waals surface area (Å²) in [7, 11) is 1.60. The van der Waals surface area contributed by atoms with Gasteiger partial charge in [-0.05, 0) is 24.3 Å². The van der Waals surface area contributed by atoms with Gasteiger partial charge in [0, 0.05) is 10.9 Å². The normalized spacial score (nSPS) is 10.8. The van der Waals surface area contributed by atoms with Crippen LogP contribution in [0, 0.1) is 0 Å². The number of nitrogens with two attached hydrogens (primary N) is 2. The Hall–Kier alpha value is -2.34. The van der Waals surface area contributed by atoms with Gasteiger partial charge in [0.25, 0.3) is 0 Å². The predicted molar refractivity (Wildman–Crippen MR) is 76.7 cm³/mol. The Morgan fingerprint density at radius 2 is 2.16 bits per heavy atom. The first-order chi connectivity index (χ1) is 9.10. The molecule has 0 atom stereocenters. The molecule has 0 saturated carbocycles. The Morgan fingerprint density at radius 1 is 1.37 bits per heavy atom. The molecule has 7 heteroatoms. The predicted octanol–water partition coefficient (Wildman–Crippen LogP) is 1.50. The Bertz CT molecular complexity index is 664. The summed E-state index contributed by atoms with van der Waals surface area (Å²) in [4.78, 5) is 4.26. The van der Waals surface area contributed by atoms with Gasteiger partial charge >= 0.3 is 0 Å². The number of methoxy groups -OCH3 is 1. The van der Waals surface area contributed by atoms with Gasteiger partial charge in [0.15, 0.2) is 0 Å². The zero-order chi connectivity index (χ0) is 13.8. The van der Waals surface area contributed by atoms with E-state index in [1.807, 2.05) is 24.3 Å². The number of ether oxygens (including phenoxy) is 1. The van der Waals surface area contributed by atoms with E-state index >= 15 is 0 Å². The average Bonchev–Trinajstić information content (AvgIpc) is 2.38. The molecule has 0 aliphatic heterocycles. The van der Waals surface area contributed by atoms with Crippen molar-refractivity contribution >= 4 is 34.7 Å². The molecule has 1 aromatic heterocycles. The van der Waals surface area contributed by atoms with Gasteiger partial charge in [-0.3, -0.25) is 0 Å². The van der Waals surface area contributed by atoms with Crippen LogP contribution in [0.15, 0.2) is 34.5 Å². The number of halogens is 1. The molecule has 6 nitrogen and oxygen atoms in total. The quantitative estimate of drug-likeness (QED) is 0.384. The van der Waals surface area contributed by atoms with Crippen molar-refractivity contribution in [3.05, 3.63) is 35.0 Å². The fourth-order valence-corrected chi connectivity index (χ4v) is 1.72. The van der Waals surface area contributed by atoms with Gasteiger partial charge in [0.2, 0.25) is 5.96 Å². The minimum absolute atomic E-state index is 0.122. The lowest BCUT2D eigenvalue weighted by Crippen LogP contribution is -2.21. The van der Waals surface area contributed by atoms with Crippen molar-refractivity contribution in [2.45, 2.75) is 0 Å². The molecule has 98 valence electrons. The van der Waals surface area contributed by atoms with Gasteiger partial charge in [-0.15, -0.1) is 5.10 Å². The third-order valence-corrected chi connectivity index (χ3v) is 2.68. The summed E-state index contributed by atoms with van der Waals surface area (Å²) in [5, 5.41) is 8.42. The van der Waals surface area contributed by atoms with E-state index in [4.69, 9.17) is 27.8 Å². The number of fused-ring (bicyclic) bond motifs is 1. The monoisotopic (exact) mass is 277 g/mol. The maximum absolute atomic E-state index is 6.05. The second kappa shape index (κ2) is 5.53. The van der Waals surface area contributed by atoms with Gasteiger partial charge in [-0.25, -0.2) is 4.98 Å². The second-order valence-corrected chi connectivity index (χ2v) is 4.05. The molecule has 1 aromatic carbocycles. The number of benzene rings is 1. The molecular formula is C12H12ClN5O. The number of guanidine groups is 1. The first-order valence-corrected chi connectivity index (χ1v) is 5.74. The number of rotatable bonds is 3. The van der Waals surface area contributed by atoms with Gasteiger partial charge in [0.1, 0.15) is 10.9 Å². The highest BCUT2D eigenvalue weighted by Gasteiger charge is 2.04. The average molecular weight is 278 g/mol. The molecule has 0 unspecified atom stereocenters. The van der Waals surface area contributed by atoms with Crippen molar-refractivity contribution in [2.24, 2.45) is 21.7 Å². The Morgan fingerprint density at radius 3 is 2.84 bits per heavy atom. The fraction of sp³-hybridized carbons (Fsp3) is 0.0833. The molecule has 0 aliphatic rings. The van der Waals surface area contributed by atoms with E-state index in [1.54, 1.807) is 7.11 Å². The molecule has 1 heterocycles. The van der Waals surface area contributed by atoms with Crippen LogP contribution in [0.25, 0.3) is 10.9 Å². The number of nitrogens with zero attached hydrogens (tertiary/aromatic N) is 3. The van der Waals surface area contributed by atoms with Crippen LogP contribution in [-0.2, 0) is 0 Å². The smallest absolute Gasteiger partial charge is 0.211 e. The highest BCUT2D eigenvalue weighted by molar-refractivity contribution is 6.32. The highest BCUT2D eigenvalue weighted by atomic mass is 35.5. The molecule has 2 rings (SSSR count). The third kappa shape index (κ3) is 3.11. The van der Waals surface area contributed by atoms with Crippen LogP contribution in [0.5, 0.6) is 5.75 Å². The van der Waals surface area contributed by atoms with E-state index in [9.17, 15) is 0 Å². The lowest BCUT2D eigenvalue weighted by Gasteiger charge is -2.04. The van der Waals surface area contributed by atoms with Crippen LogP contribution >= 0.6 is 11.6 Å². The third-order valence-electron chi connectivity index (χ3n) is 2.37. The fourth-order valence-electron chi connectivity index (χ4n) is 1.52. The Kier molecular flexibility index (Phi) is 3.82. The van der Waals surface area contributed by atoms with Crippen molar-refractivity contribution in [1.29, 1.82) is 0 Å². The molecule has 0 aliphatic carbocycles. The first-order valence-electron chi connectivity index (χ1n) is 5.36. The molecule has 2 aromatic rings. The minimum atomic E-state index is -0.122. The van der Waals surface area contributed by atoms with E-state index in [0.29, 0.717) is 10.7 Å². The maximum atomic E-state index is 6.05. The largest absolute Gasteiger partial charge is 0.497 e. The van der Waals surface area contributed by atoms with Gasteiger partial charge in [-0.2, -0.15) is 5.10 Å². The lowest BCUT2D eigenvalue weighted by molar-refractivity contribution is 0.415. The Balaban J connectivity index is 2.47. The zero-order valence-corrected chi connectivity index (χ0v) is 10.9. The van der Waals surface area contributed by atoms with Crippen molar-refractivity contribution < 1.29 is 4.74 Å².